The zero-order chi connectivity index (χ0) is 12.9. The Morgan fingerprint density at radius 1 is 1.47 bits per heavy atom. The fourth-order valence-corrected chi connectivity index (χ4v) is 2.22. The smallest absolute Gasteiger partial charge is 0.303 e. The second kappa shape index (κ2) is 5.48. The summed E-state index contributed by atoms with van der Waals surface area (Å²) in [5, 5.41) is 8.39. The number of nitrogens with one attached hydrogen (secondary N) is 1. The van der Waals surface area contributed by atoms with E-state index in [-0.39, 0.29) is 18.6 Å². The van der Waals surface area contributed by atoms with E-state index < -0.39 is 16.0 Å². The van der Waals surface area contributed by atoms with Crippen molar-refractivity contribution in [1.29, 1.82) is 0 Å². The van der Waals surface area contributed by atoms with Gasteiger partial charge in [-0.2, -0.15) is 0 Å². The van der Waals surface area contributed by atoms with Crippen molar-refractivity contribution in [2.45, 2.75) is 12.8 Å². The van der Waals surface area contributed by atoms with Gasteiger partial charge in [0.15, 0.2) is 0 Å². The molecule has 0 unspecified atom stereocenters. The van der Waals surface area contributed by atoms with E-state index in [1.807, 2.05) is 0 Å². The molecule has 1 aromatic heterocycles. The van der Waals surface area contributed by atoms with Crippen LogP contribution in [-0.4, -0.2) is 30.2 Å². The quantitative estimate of drug-likeness (QED) is 0.674. The third kappa shape index (κ3) is 5.16. The molecular weight excluding hydrogens is 246 g/mol. The number of hydrogen-bond donors (Lipinski definition) is 3. The molecule has 4 N–H and O–H groups in total. The molecule has 0 aliphatic heterocycles. The monoisotopic (exact) mass is 259 g/mol. The maximum absolute atomic E-state index is 11.5. The van der Waals surface area contributed by atoms with Crippen molar-refractivity contribution in [2.75, 3.05) is 16.2 Å². The number of rotatable bonds is 6. The van der Waals surface area contributed by atoms with Gasteiger partial charge in [0.1, 0.15) is 5.82 Å². The van der Waals surface area contributed by atoms with Gasteiger partial charge in [0.25, 0.3) is 0 Å². The number of carbonyl (C=O) groups is 1. The number of anilines is 2. The number of sulfonamides is 1. The van der Waals surface area contributed by atoms with Crippen LogP contribution < -0.4 is 10.5 Å². The minimum Gasteiger partial charge on any atom is -0.481 e. The number of aliphatic carboxylic acids is 1. The Morgan fingerprint density at radius 2 is 2.18 bits per heavy atom. The van der Waals surface area contributed by atoms with Gasteiger partial charge in [-0.3, -0.25) is 9.52 Å². The Hall–Kier alpha value is -1.83. The van der Waals surface area contributed by atoms with Crippen LogP contribution in [0.15, 0.2) is 18.3 Å². The highest BCUT2D eigenvalue weighted by molar-refractivity contribution is 7.92. The molecule has 0 bridgehead atoms. The van der Waals surface area contributed by atoms with Gasteiger partial charge in [-0.25, -0.2) is 13.4 Å². The fourth-order valence-electron chi connectivity index (χ4n) is 1.11. The molecule has 0 aromatic carbocycles. The molecule has 0 saturated heterocycles. The largest absolute Gasteiger partial charge is 0.481 e. The Kier molecular flexibility index (Phi) is 4.27. The molecular formula is C9H13N3O4S. The first-order valence-corrected chi connectivity index (χ1v) is 6.48. The second-order valence-electron chi connectivity index (χ2n) is 3.39. The van der Waals surface area contributed by atoms with Crippen molar-refractivity contribution >= 4 is 27.5 Å². The summed E-state index contributed by atoms with van der Waals surface area (Å²) in [6, 6.07) is 2.95. The van der Waals surface area contributed by atoms with Crippen molar-refractivity contribution in [3.63, 3.8) is 0 Å². The highest BCUT2D eigenvalue weighted by Gasteiger charge is 2.11. The van der Waals surface area contributed by atoms with E-state index in [2.05, 4.69) is 9.71 Å². The van der Waals surface area contributed by atoms with Crippen molar-refractivity contribution in [2.24, 2.45) is 0 Å². The first-order valence-electron chi connectivity index (χ1n) is 4.83. The lowest BCUT2D eigenvalue weighted by Crippen LogP contribution is -2.17. The number of carboxylic acid groups (broad SMARTS) is 1. The third-order valence-corrected chi connectivity index (χ3v) is 3.24. The molecule has 17 heavy (non-hydrogen) atoms. The van der Waals surface area contributed by atoms with Crippen molar-refractivity contribution < 1.29 is 18.3 Å². The van der Waals surface area contributed by atoms with E-state index in [0.29, 0.717) is 11.5 Å². The van der Waals surface area contributed by atoms with Crippen LogP contribution in [0.4, 0.5) is 11.5 Å². The van der Waals surface area contributed by atoms with Crippen molar-refractivity contribution in [3.8, 4) is 0 Å². The number of nitrogens with two attached hydrogens (primary N) is 1. The topological polar surface area (TPSA) is 122 Å². The van der Waals surface area contributed by atoms with E-state index in [0.717, 1.165) is 0 Å². The summed E-state index contributed by atoms with van der Waals surface area (Å²) in [7, 11) is -3.54. The van der Waals surface area contributed by atoms with Gasteiger partial charge in [0, 0.05) is 6.42 Å². The molecule has 0 aliphatic rings. The van der Waals surface area contributed by atoms with Crippen molar-refractivity contribution in [1.82, 2.24) is 4.98 Å². The molecule has 0 aliphatic carbocycles. The number of hydrogen-bond acceptors (Lipinski definition) is 5. The molecule has 0 amide bonds. The van der Waals surface area contributed by atoms with E-state index in [9.17, 15) is 13.2 Å². The lowest BCUT2D eigenvalue weighted by atomic mass is 10.3. The fraction of sp³-hybridized carbons (Fsp3) is 0.333. The summed E-state index contributed by atoms with van der Waals surface area (Å²) in [6.07, 6.45) is 1.18. The SMILES string of the molecule is Nc1ccc(NS(=O)(=O)CCCC(=O)O)cn1. The van der Waals surface area contributed by atoms with Crippen LogP contribution in [0, 0.1) is 0 Å². The molecule has 0 radical (unpaired) electrons. The van der Waals surface area contributed by atoms with Crippen LogP contribution in [0.5, 0.6) is 0 Å². The van der Waals surface area contributed by atoms with E-state index in [1.165, 1.54) is 18.3 Å². The molecule has 7 nitrogen and oxygen atoms in total. The molecule has 94 valence electrons. The van der Waals surface area contributed by atoms with Crippen LogP contribution in [-0.2, 0) is 14.8 Å². The first-order chi connectivity index (χ1) is 7.89. The number of pyridine rings is 1. The van der Waals surface area contributed by atoms with Crippen LogP contribution in [0.3, 0.4) is 0 Å². The summed E-state index contributed by atoms with van der Waals surface area (Å²) in [5.74, 6) is -0.975. The second-order valence-corrected chi connectivity index (χ2v) is 5.23. The van der Waals surface area contributed by atoms with Gasteiger partial charge < -0.3 is 10.8 Å². The molecule has 1 rings (SSSR count). The Balaban J connectivity index is 2.54. The molecule has 0 fully saturated rings. The predicted molar refractivity (Wildman–Crippen MR) is 62.9 cm³/mol. The molecule has 0 spiro atoms. The third-order valence-electron chi connectivity index (χ3n) is 1.86. The zero-order valence-corrected chi connectivity index (χ0v) is 9.77. The zero-order valence-electron chi connectivity index (χ0n) is 8.96. The minimum atomic E-state index is -3.54. The Bertz CT molecular complexity index is 483. The molecule has 0 saturated carbocycles. The molecule has 8 heteroatoms. The van der Waals surface area contributed by atoms with Gasteiger partial charge in [-0.15, -0.1) is 0 Å². The van der Waals surface area contributed by atoms with Gasteiger partial charge in [0.2, 0.25) is 10.0 Å². The summed E-state index contributed by atoms with van der Waals surface area (Å²) in [4.78, 5) is 14.0. The van der Waals surface area contributed by atoms with E-state index in [1.54, 1.807) is 0 Å². The average Bonchev–Trinajstić information content (AvgIpc) is 2.20. The van der Waals surface area contributed by atoms with Gasteiger partial charge >= 0.3 is 5.97 Å². The summed E-state index contributed by atoms with van der Waals surface area (Å²) < 4.78 is 25.3. The van der Waals surface area contributed by atoms with Crippen LogP contribution in [0.25, 0.3) is 0 Å². The lowest BCUT2D eigenvalue weighted by Gasteiger charge is -2.06. The predicted octanol–water partition coefficient (Wildman–Crippen LogP) is 0.270. The maximum Gasteiger partial charge on any atom is 0.303 e. The first kappa shape index (κ1) is 13.2. The number of nitrogens with zero attached hydrogens (tertiary/aromatic N) is 1. The molecule has 1 aromatic rings. The van der Waals surface area contributed by atoms with Crippen LogP contribution in [0.1, 0.15) is 12.8 Å². The van der Waals surface area contributed by atoms with Crippen LogP contribution >= 0.6 is 0 Å². The highest BCUT2D eigenvalue weighted by Crippen LogP contribution is 2.10. The Morgan fingerprint density at radius 3 is 2.71 bits per heavy atom. The van der Waals surface area contributed by atoms with Crippen molar-refractivity contribution in [3.05, 3.63) is 18.3 Å². The van der Waals surface area contributed by atoms with Crippen LogP contribution in [0.2, 0.25) is 0 Å². The van der Waals surface area contributed by atoms with Gasteiger partial charge in [-0.05, 0) is 18.6 Å². The summed E-state index contributed by atoms with van der Waals surface area (Å²) in [6.45, 7) is 0. The van der Waals surface area contributed by atoms with E-state index >= 15 is 0 Å². The van der Waals surface area contributed by atoms with Gasteiger partial charge in [-0.1, -0.05) is 0 Å². The molecule has 1 heterocycles. The highest BCUT2D eigenvalue weighted by atomic mass is 32.2. The number of carboxylic acids is 1. The normalized spacial score (nSPS) is 11.1. The Labute approximate surface area is 98.7 Å². The molecule has 0 atom stereocenters. The average molecular weight is 259 g/mol. The summed E-state index contributed by atoms with van der Waals surface area (Å²) in [5.41, 5.74) is 5.65. The van der Waals surface area contributed by atoms with Gasteiger partial charge in [0.05, 0.1) is 17.6 Å². The maximum atomic E-state index is 11.5. The number of aromatic nitrogens is 1. The minimum absolute atomic E-state index is 0.0626. The standard InChI is InChI=1S/C9H13N3O4S/c10-8-4-3-7(6-11-8)12-17(15,16)5-1-2-9(13)14/h3-4,6,12H,1-2,5H2,(H2,10,11)(H,13,14). The lowest BCUT2D eigenvalue weighted by molar-refractivity contribution is -0.137. The summed E-state index contributed by atoms with van der Waals surface area (Å²) >= 11 is 0. The number of nitrogen functional groups attached to an aromatic ring is 1. The van der Waals surface area contributed by atoms with E-state index in [4.69, 9.17) is 10.8 Å².